The Morgan fingerprint density at radius 3 is 2.72 bits per heavy atom. The molecule has 0 aliphatic carbocycles. The van der Waals surface area contributed by atoms with Crippen molar-refractivity contribution in [3.63, 3.8) is 0 Å². The molecule has 3 aromatic rings. The van der Waals surface area contributed by atoms with Gasteiger partial charge in [0.25, 0.3) is 5.91 Å². The summed E-state index contributed by atoms with van der Waals surface area (Å²) in [5.74, 6) is 0.513. The molecular weight excluding hydrogens is 314 g/mol. The standard InChI is InChI=1S/C19H19N5O/c1-13-7-6-10-17-16(13)11-12-23(17)19(25)14(2)24-21-18(20-22-24)15-8-4-3-5-9-15/h3-10,14H,11-12H2,1-2H3. The Labute approximate surface area is 146 Å². The second kappa shape index (κ2) is 6.12. The first-order valence-corrected chi connectivity index (χ1v) is 8.40. The summed E-state index contributed by atoms with van der Waals surface area (Å²) in [6.07, 6.45) is 0.889. The Morgan fingerprint density at radius 1 is 1.12 bits per heavy atom. The highest BCUT2D eigenvalue weighted by Gasteiger charge is 2.30. The fraction of sp³-hybridized carbons (Fsp3) is 0.263. The maximum atomic E-state index is 13.0. The lowest BCUT2D eigenvalue weighted by molar-refractivity contribution is -0.121. The molecule has 1 aliphatic heterocycles. The molecule has 2 aromatic carbocycles. The predicted molar refractivity (Wildman–Crippen MR) is 95.2 cm³/mol. The van der Waals surface area contributed by atoms with Crippen LogP contribution in [-0.4, -0.2) is 32.7 Å². The Balaban J connectivity index is 1.58. The van der Waals surface area contributed by atoms with Gasteiger partial charge in [-0.2, -0.15) is 4.80 Å². The van der Waals surface area contributed by atoms with Crippen LogP contribution in [0.5, 0.6) is 0 Å². The van der Waals surface area contributed by atoms with Gasteiger partial charge in [0, 0.05) is 17.8 Å². The van der Waals surface area contributed by atoms with Gasteiger partial charge in [-0.3, -0.25) is 4.79 Å². The van der Waals surface area contributed by atoms with Crippen LogP contribution in [0.1, 0.15) is 24.1 Å². The number of carbonyl (C=O) groups excluding carboxylic acids is 1. The lowest BCUT2D eigenvalue weighted by atomic mass is 10.1. The summed E-state index contributed by atoms with van der Waals surface area (Å²) in [5, 5.41) is 12.6. The van der Waals surface area contributed by atoms with E-state index in [4.69, 9.17) is 0 Å². The molecule has 1 amide bonds. The van der Waals surface area contributed by atoms with E-state index in [0.29, 0.717) is 12.4 Å². The largest absolute Gasteiger partial charge is 0.310 e. The molecule has 4 rings (SSSR count). The van der Waals surface area contributed by atoms with Gasteiger partial charge in [-0.05, 0) is 42.7 Å². The maximum absolute atomic E-state index is 13.0. The number of hydrogen-bond donors (Lipinski definition) is 0. The number of aromatic nitrogens is 4. The molecule has 0 spiro atoms. The third-order valence-electron chi connectivity index (χ3n) is 4.69. The highest BCUT2D eigenvalue weighted by Crippen LogP contribution is 2.31. The fourth-order valence-electron chi connectivity index (χ4n) is 3.25. The number of anilines is 1. The van der Waals surface area contributed by atoms with Crippen molar-refractivity contribution in [3.05, 3.63) is 59.7 Å². The van der Waals surface area contributed by atoms with Crippen LogP contribution in [0.15, 0.2) is 48.5 Å². The zero-order chi connectivity index (χ0) is 17.4. The van der Waals surface area contributed by atoms with Gasteiger partial charge >= 0.3 is 0 Å². The van der Waals surface area contributed by atoms with Gasteiger partial charge in [0.2, 0.25) is 5.82 Å². The monoisotopic (exact) mass is 333 g/mol. The van der Waals surface area contributed by atoms with Gasteiger partial charge in [-0.15, -0.1) is 10.2 Å². The zero-order valence-electron chi connectivity index (χ0n) is 14.3. The Kier molecular flexibility index (Phi) is 3.80. The molecule has 0 fully saturated rings. The van der Waals surface area contributed by atoms with Gasteiger partial charge in [0.1, 0.15) is 6.04 Å². The average molecular weight is 333 g/mol. The first-order chi connectivity index (χ1) is 12.1. The summed E-state index contributed by atoms with van der Waals surface area (Å²) in [6, 6.07) is 15.2. The van der Waals surface area contributed by atoms with E-state index in [9.17, 15) is 4.79 Å². The number of fused-ring (bicyclic) bond motifs is 1. The van der Waals surface area contributed by atoms with Crippen LogP contribution in [-0.2, 0) is 11.2 Å². The Hall–Kier alpha value is -3.02. The molecule has 6 heteroatoms. The molecule has 0 bridgehead atoms. The topological polar surface area (TPSA) is 63.9 Å². The highest BCUT2D eigenvalue weighted by molar-refractivity contribution is 5.97. The van der Waals surface area contributed by atoms with E-state index in [-0.39, 0.29) is 5.91 Å². The van der Waals surface area contributed by atoms with E-state index in [0.717, 1.165) is 17.7 Å². The summed E-state index contributed by atoms with van der Waals surface area (Å²) in [4.78, 5) is 16.2. The molecule has 1 aliphatic rings. The first kappa shape index (κ1) is 15.5. The van der Waals surface area contributed by atoms with E-state index >= 15 is 0 Å². The number of benzene rings is 2. The number of tetrazole rings is 1. The van der Waals surface area contributed by atoms with E-state index < -0.39 is 6.04 Å². The summed E-state index contributed by atoms with van der Waals surface area (Å²) in [5.41, 5.74) is 4.36. The number of carbonyl (C=O) groups is 1. The van der Waals surface area contributed by atoms with Crippen LogP contribution in [0.4, 0.5) is 5.69 Å². The molecule has 0 saturated heterocycles. The molecule has 126 valence electrons. The number of rotatable bonds is 3. The van der Waals surface area contributed by atoms with Crippen molar-refractivity contribution >= 4 is 11.6 Å². The summed E-state index contributed by atoms with van der Waals surface area (Å²) in [6.45, 7) is 4.59. The molecule has 6 nitrogen and oxygen atoms in total. The van der Waals surface area contributed by atoms with Crippen molar-refractivity contribution in [2.75, 3.05) is 11.4 Å². The first-order valence-electron chi connectivity index (χ1n) is 8.40. The molecule has 0 radical (unpaired) electrons. The number of nitrogens with zero attached hydrogens (tertiary/aromatic N) is 5. The lowest BCUT2D eigenvalue weighted by Crippen LogP contribution is -2.35. The molecule has 1 atom stereocenters. The van der Waals surface area contributed by atoms with Crippen molar-refractivity contribution in [2.24, 2.45) is 0 Å². The minimum atomic E-state index is -0.503. The van der Waals surface area contributed by atoms with E-state index in [2.05, 4.69) is 28.4 Å². The highest BCUT2D eigenvalue weighted by atomic mass is 16.2. The fourth-order valence-corrected chi connectivity index (χ4v) is 3.25. The van der Waals surface area contributed by atoms with Crippen LogP contribution < -0.4 is 4.90 Å². The molecule has 25 heavy (non-hydrogen) atoms. The van der Waals surface area contributed by atoms with Gasteiger partial charge in [0.15, 0.2) is 0 Å². The van der Waals surface area contributed by atoms with Gasteiger partial charge < -0.3 is 4.90 Å². The lowest BCUT2D eigenvalue weighted by Gasteiger charge is -2.21. The van der Waals surface area contributed by atoms with Crippen molar-refractivity contribution < 1.29 is 4.79 Å². The third-order valence-corrected chi connectivity index (χ3v) is 4.69. The minimum Gasteiger partial charge on any atom is -0.310 e. The zero-order valence-corrected chi connectivity index (χ0v) is 14.3. The second-order valence-electron chi connectivity index (χ2n) is 6.29. The van der Waals surface area contributed by atoms with Crippen LogP contribution in [0.2, 0.25) is 0 Å². The SMILES string of the molecule is Cc1cccc2c1CCN2C(=O)C(C)n1nnc(-c2ccccc2)n1. The Morgan fingerprint density at radius 2 is 1.92 bits per heavy atom. The minimum absolute atomic E-state index is 0.0126. The normalized spacial score (nSPS) is 14.4. The van der Waals surface area contributed by atoms with Gasteiger partial charge in [-0.1, -0.05) is 42.5 Å². The van der Waals surface area contributed by atoms with Gasteiger partial charge in [0.05, 0.1) is 0 Å². The van der Waals surface area contributed by atoms with Crippen molar-refractivity contribution in [2.45, 2.75) is 26.3 Å². The van der Waals surface area contributed by atoms with Gasteiger partial charge in [-0.25, -0.2) is 0 Å². The number of amides is 1. The van der Waals surface area contributed by atoms with Crippen LogP contribution in [0.25, 0.3) is 11.4 Å². The predicted octanol–water partition coefficient (Wildman–Crippen LogP) is 2.80. The van der Waals surface area contributed by atoms with Crippen LogP contribution >= 0.6 is 0 Å². The van der Waals surface area contributed by atoms with Crippen molar-refractivity contribution in [1.29, 1.82) is 0 Å². The Bertz CT molecular complexity index is 919. The van der Waals surface area contributed by atoms with Crippen LogP contribution in [0, 0.1) is 6.92 Å². The van der Waals surface area contributed by atoms with Crippen molar-refractivity contribution in [3.8, 4) is 11.4 Å². The maximum Gasteiger partial charge on any atom is 0.253 e. The molecule has 1 aromatic heterocycles. The summed E-state index contributed by atoms with van der Waals surface area (Å²) >= 11 is 0. The van der Waals surface area contributed by atoms with Crippen molar-refractivity contribution in [1.82, 2.24) is 20.2 Å². The van der Waals surface area contributed by atoms with E-state index in [1.54, 1.807) is 0 Å². The van der Waals surface area contributed by atoms with Crippen LogP contribution in [0.3, 0.4) is 0 Å². The number of hydrogen-bond acceptors (Lipinski definition) is 4. The molecular formula is C19H19N5O. The summed E-state index contributed by atoms with van der Waals surface area (Å²) in [7, 11) is 0. The molecule has 0 N–H and O–H groups in total. The molecule has 2 heterocycles. The number of aryl methyl sites for hydroxylation is 1. The van der Waals surface area contributed by atoms with E-state index in [1.807, 2.05) is 54.3 Å². The molecule has 0 saturated carbocycles. The smallest absolute Gasteiger partial charge is 0.253 e. The third kappa shape index (κ3) is 2.69. The average Bonchev–Trinajstić information content (AvgIpc) is 3.29. The molecule has 1 unspecified atom stereocenters. The summed E-state index contributed by atoms with van der Waals surface area (Å²) < 4.78 is 0. The van der Waals surface area contributed by atoms with E-state index in [1.165, 1.54) is 15.9 Å². The second-order valence-corrected chi connectivity index (χ2v) is 6.29. The quantitative estimate of drug-likeness (QED) is 0.739.